The van der Waals surface area contributed by atoms with Crippen LogP contribution in [0, 0.1) is 5.41 Å². The molecular weight excluding hydrogens is 360 g/mol. The topological polar surface area (TPSA) is 105 Å². The Hall–Kier alpha value is -2.74. The van der Waals surface area contributed by atoms with Crippen molar-refractivity contribution in [2.24, 2.45) is 5.41 Å². The van der Waals surface area contributed by atoms with Gasteiger partial charge in [0.2, 0.25) is 11.8 Å². The molecule has 3 heterocycles. The Bertz CT molecular complexity index is 972. The molecule has 2 fully saturated rings. The Morgan fingerprint density at radius 1 is 1.32 bits per heavy atom. The number of rotatable bonds is 3. The molecule has 2 aromatic rings. The molecule has 8 heteroatoms. The summed E-state index contributed by atoms with van der Waals surface area (Å²) in [7, 11) is 0. The molecule has 0 bridgehead atoms. The van der Waals surface area contributed by atoms with Crippen molar-refractivity contribution in [3.8, 4) is 0 Å². The van der Waals surface area contributed by atoms with Gasteiger partial charge in [-0.2, -0.15) is 0 Å². The van der Waals surface area contributed by atoms with Crippen LogP contribution in [0.15, 0.2) is 35.4 Å². The Morgan fingerprint density at radius 2 is 2.14 bits per heavy atom. The van der Waals surface area contributed by atoms with Gasteiger partial charge in [-0.3, -0.25) is 19.0 Å². The smallest absolute Gasteiger partial charge is 0.261 e. The van der Waals surface area contributed by atoms with E-state index >= 15 is 0 Å². The van der Waals surface area contributed by atoms with Crippen molar-refractivity contribution in [2.75, 3.05) is 19.6 Å². The van der Waals surface area contributed by atoms with Crippen molar-refractivity contribution in [3.63, 3.8) is 0 Å². The molecule has 2 aliphatic heterocycles. The summed E-state index contributed by atoms with van der Waals surface area (Å²) in [5.74, 6) is -0.289. The fourth-order valence-corrected chi connectivity index (χ4v) is 4.30. The maximum Gasteiger partial charge on any atom is 0.261 e. The van der Waals surface area contributed by atoms with E-state index in [1.165, 1.54) is 10.9 Å². The number of carbonyl (C=O) groups excluding carboxylic acids is 2. The summed E-state index contributed by atoms with van der Waals surface area (Å²) < 4.78 is 1.45. The largest absolute Gasteiger partial charge is 0.392 e. The first-order valence-corrected chi connectivity index (χ1v) is 9.69. The zero-order valence-electron chi connectivity index (χ0n) is 15.6. The Morgan fingerprint density at radius 3 is 2.96 bits per heavy atom. The number of aliphatic hydroxyl groups excluding tert-OH is 1. The second kappa shape index (κ2) is 7.35. The number of hydrogen-bond donors (Lipinski definition) is 2. The van der Waals surface area contributed by atoms with E-state index in [1.807, 2.05) is 6.07 Å². The first kappa shape index (κ1) is 18.6. The summed E-state index contributed by atoms with van der Waals surface area (Å²) in [6.07, 6.45) is 2.64. The van der Waals surface area contributed by atoms with Crippen molar-refractivity contribution in [1.82, 2.24) is 19.8 Å². The van der Waals surface area contributed by atoms with Crippen LogP contribution >= 0.6 is 0 Å². The number of benzene rings is 1. The number of carbonyl (C=O) groups is 2. The van der Waals surface area contributed by atoms with Gasteiger partial charge in [-0.15, -0.1) is 0 Å². The molecule has 4 rings (SSSR count). The number of aromatic nitrogens is 2. The molecule has 1 spiro atoms. The molecule has 0 unspecified atom stereocenters. The molecule has 0 saturated carbocycles. The molecular formula is C20H24N4O4. The molecule has 1 aromatic carbocycles. The lowest BCUT2D eigenvalue weighted by Gasteiger charge is -2.46. The lowest BCUT2D eigenvalue weighted by atomic mass is 9.71. The van der Waals surface area contributed by atoms with Gasteiger partial charge in [-0.1, -0.05) is 12.1 Å². The van der Waals surface area contributed by atoms with E-state index < -0.39 is 11.5 Å². The van der Waals surface area contributed by atoms with Crippen LogP contribution in [0.3, 0.4) is 0 Å². The number of piperidine rings is 2. The van der Waals surface area contributed by atoms with Crippen LogP contribution in [0.25, 0.3) is 10.9 Å². The normalized spacial score (nSPS) is 25.1. The van der Waals surface area contributed by atoms with Gasteiger partial charge in [0.15, 0.2) is 0 Å². The van der Waals surface area contributed by atoms with E-state index in [-0.39, 0.29) is 36.9 Å². The highest BCUT2D eigenvalue weighted by Gasteiger charge is 2.50. The summed E-state index contributed by atoms with van der Waals surface area (Å²) in [5, 5.41) is 13.8. The van der Waals surface area contributed by atoms with Gasteiger partial charge in [-0.25, -0.2) is 4.98 Å². The zero-order chi connectivity index (χ0) is 19.7. The SMILES string of the molecule is O=C(CCn1cnc2ccccc2c1=O)N1CC[C@H](O)[C@@]2(CCCNC2=O)C1. The maximum atomic E-state index is 12.8. The molecule has 0 aliphatic carbocycles. The highest BCUT2D eigenvalue weighted by Crippen LogP contribution is 2.37. The van der Waals surface area contributed by atoms with Crippen LogP contribution < -0.4 is 10.9 Å². The molecule has 28 heavy (non-hydrogen) atoms. The number of hydrogen-bond acceptors (Lipinski definition) is 5. The predicted molar refractivity (Wildman–Crippen MR) is 103 cm³/mol. The molecule has 0 radical (unpaired) electrons. The highest BCUT2D eigenvalue weighted by molar-refractivity contribution is 5.86. The molecule has 2 atom stereocenters. The quantitative estimate of drug-likeness (QED) is 0.791. The third-order valence-corrected chi connectivity index (χ3v) is 5.97. The summed E-state index contributed by atoms with van der Waals surface area (Å²) >= 11 is 0. The van der Waals surface area contributed by atoms with Crippen molar-refractivity contribution in [2.45, 2.75) is 38.3 Å². The predicted octanol–water partition coefficient (Wildman–Crippen LogP) is 0.276. The third kappa shape index (κ3) is 3.17. The standard InChI is InChI=1S/C20H24N4O4/c25-16-6-10-23(12-20(16)8-3-9-21-19(20)28)17(26)7-11-24-13-22-15-5-2-1-4-14(15)18(24)27/h1-2,4-5,13,16,25H,3,6-12H2,(H,21,28)/t16-,20+/m0/s1. The molecule has 8 nitrogen and oxygen atoms in total. The first-order chi connectivity index (χ1) is 13.5. The summed E-state index contributed by atoms with van der Waals surface area (Å²) in [6, 6.07) is 7.11. The van der Waals surface area contributed by atoms with Gasteiger partial charge in [0.25, 0.3) is 5.56 Å². The summed E-state index contributed by atoms with van der Waals surface area (Å²) in [6.45, 7) is 1.48. The van der Waals surface area contributed by atoms with Gasteiger partial charge in [0.1, 0.15) is 0 Å². The number of para-hydroxylation sites is 1. The first-order valence-electron chi connectivity index (χ1n) is 9.69. The molecule has 2 amide bonds. The van der Waals surface area contributed by atoms with Crippen molar-refractivity contribution >= 4 is 22.7 Å². The van der Waals surface area contributed by atoms with Crippen molar-refractivity contribution < 1.29 is 14.7 Å². The zero-order valence-corrected chi connectivity index (χ0v) is 15.6. The minimum atomic E-state index is -0.909. The van der Waals surface area contributed by atoms with Gasteiger partial charge < -0.3 is 15.3 Å². The number of amides is 2. The maximum absolute atomic E-state index is 12.8. The lowest BCUT2D eigenvalue weighted by molar-refractivity contribution is -0.154. The number of nitrogens with zero attached hydrogens (tertiary/aromatic N) is 3. The second-order valence-electron chi connectivity index (χ2n) is 7.65. The molecule has 148 valence electrons. The second-order valence-corrected chi connectivity index (χ2v) is 7.65. The van der Waals surface area contributed by atoms with Crippen molar-refractivity contribution in [1.29, 1.82) is 0 Å². The van der Waals surface area contributed by atoms with Gasteiger partial charge in [0, 0.05) is 32.6 Å². The van der Waals surface area contributed by atoms with E-state index in [0.717, 1.165) is 6.42 Å². The van der Waals surface area contributed by atoms with E-state index in [2.05, 4.69) is 10.3 Å². The van der Waals surface area contributed by atoms with Gasteiger partial charge in [0.05, 0.1) is 28.7 Å². The summed E-state index contributed by atoms with van der Waals surface area (Å²) in [5.41, 5.74) is -0.450. The van der Waals surface area contributed by atoms with Crippen LogP contribution in [-0.2, 0) is 16.1 Å². The van der Waals surface area contributed by atoms with Crippen LogP contribution in [0.5, 0.6) is 0 Å². The average Bonchev–Trinajstić information content (AvgIpc) is 2.71. The average molecular weight is 384 g/mol. The van der Waals surface area contributed by atoms with Gasteiger partial charge >= 0.3 is 0 Å². The minimum Gasteiger partial charge on any atom is -0.392 e. The Kier molecular flexibility index (Phi) is 4.89. The Balaban J connectivity index is 1.46. The summed E-state index contributed by atoms with van der Waals surface area (Å²) in [4.78, 5) is 43.7. The molecule has 2 aliphatic rings. The Labute approximate surface area is 162 Å². The van der Waals surface area contributed by atoms with Crippen LogP contribution in [0.4, 0.5) is 0 Å². The fraction of sp³-hybridized carbons (Fsp3) is 0.500. The van der Waals surface area contributed by atoms with Crippen LogP contribution in [0.2, 0.25) is 0 Å². The lowest BCUT2D eigenvalue weighted by Crippen LogP contribution is -2.62. The molecule has 2 N–H and O–H groups in total. The number of fused-ring (bicyclic) bond motifs is 1. The minimum absolute atomic E-state index is 0.121. The highest BCUT2D eigenvalue weighted by atomic mass is 16.3. The van der Waals surface area contributed by atoms with Crippen LogP contribution in [-0.4, -0.2) is 57.1 Å². The fourth-order valence-electron chi connectivity index (χ4n) is 4.30. The number of likely N-dealkylation sites (tertiary alicyclic amines) is 1. The third-order valence-electron chi connectivity index (χ3n) is 5.97. The van der Waals surface area contributed by atoms with Gasteiger partial charge in [-0.05, 0) is 31.4 Å². The number of aliphatic hydroxyl groups is 1. The number of nitrogens with one attached hydrogen (secondary N) is 1. The number of aryl methyl sites for hydroxylation is 1. The van der Waals surface area contributed by atoms with E-state index in [0.29, 0.717) is 36.8 Å². The van der Waals surface area contributed by atoms with Crippen LogP contribution in [0.1, 0.15) is 25.7 Å². The van der Waals surface area contributed by atoms with Crippen molar-refractivity contribution in [3.05, 3.63) is 40.9 Å². The van der Waals surface area contributed by atoms with E-state index in [1.54, 1.807) is 23.1 Å². The molecule has 2 saturated heterocycles. The van der Waals surface area contributed by atoms with E-state index in [9.17, 15) is 19.5 Å². The van der Waals surface area contributed by atoms with E-state index in [4.69, 9.17) is 0 Å². The molecule has 1 aromatic heterocycles. The monoisotopic (exact) mass is 384 g/mol.